The number of fused-ring (bicyclic) bond motifs is 1. The first-order valence-electron chi connectivity index (χ1n) is 5.95. The van der Waals surface area contributed by atoms with Crippen molar-refractivity contribution >= 4 is 17.0 Å². The van der Waals surface area contributed by atoms with Gasteiger partial charge in [-0.3, -0.25) is 4.79 Å². The average Bonchev–Trinajstić information content (AvgIpc) is 2.85. The molecule has 0 spiro atoms. The highest BCUT2D eigenvalue weighted by Gasteiger charge is 2.13. The molecular formula is C14H11N3O3. The van der Waals surface area contributed by atoms with E-state index in [2.05, 4.69) is 9.97 Å². The summed E-state index contributed by atoms with van der Waals surface area (Å²) in [4.78, 5) is 30.1. The molecule has 0 atom stereocenters. The van der Waals surface area contributed by atoms with Crippen molar-refractivity contribution in [3.05, 3.63) is 52.4 Å². The van der Waals surface area contributed by atoms with Crippen LogP contribution in [0.4, 0.5) is 0 Å². The highest BCUT2D eigenvalue weighted by Crippen LogP contribution is 2.21. The van der Waals surface area contributed by atoms with Crippen LogP contribution in [-0.4, -0.2) is 25.6 Å². The first-order chi connectivity index (χ1) is 9.56. The van der Waals surface area contributed by atoms with Gasteiger partial charge < -0.3 is 14.7 Å². The van der Waals surface area contributed by atoms with Gasteiger partial charge in [-0.25, -0.2) is 9.78 Å². The molecule has 100 valence electrons. The Morgan fingerprint density at radius 2 is 2.15 bits per heavy atom. The minimum atomic E-state index is -1.03. The number of benzene rings is 1. The number of rotatable bonds is 2. The van der Waals surface area contributed by atoms with Crippen LogP contribution in [0.2, 0.25) is 0 Å². The Balaban J connectivity index is 2.23. The number of imidazole rings is 1. The number of nitrogens with one attached hydrogen (secondary N) is 1. The number of aromatic carboxylic acids is 1. The first kappa shape index (κ1) is 12.2. The third-order valence-electron chi connectivity index (χ3n) is 3.12. The van der Waals surface area contributed by atoms with E-state index in [9.17, 15) is 9.59 Å². The van der Waals surface area contributed by atoms with Crippen LogP contribution in [0.5, 0.6) is 0 Å². The Hall–Kier alpha value is -2.89. The van der Waals surface area contributed by atoms with Crippen molar-refractivity contribution in [1.29, 1.82) is 0 Å². The number of para-hydroxylation sites is 1. The van der Waals surface area contributed by atoms with Crippen LogP contribution >= 0.6 is 0 Å². The molecule has 0 saturated carbocycles. The Kier molecular flexibility index (Phi) is 2.64. The van der Waals surface area contributed by atoms with E-state index in [1.54, 1.807) is 31.4 Å². The van der Waals surface area contributed by atoms with Crippen molar-refractivity contribution in [2.45, 2.75) is 0 Å². The summed E-state index contributed by atoms with van der Waals surface area (Å²) in [6, 6.07) is 8.11. The fourth-order valence-electron chi connectivity index (χ4n) is 2.04. The predicted octanol–water partition coefficient (Wildman–Crippen LogP) is 1.63. The van der Waals surface area contributed by atoms with E-state index >= 15 is 0 Å². The smallest absolute Gasteiger partial charge is 0.337 e. The minimum Gasteiger partial charge on any atom is -0.478 e. The number of carbonyl (C=O) groups is 1. The fraction of sp³-hybridized carbons (Fsp3) is 0.0714. The van der Waals surface area contributed by atoms with Gasteiger partial charge in [-0.15, -0.1) is 0 Å². The van der Waals surface area contributed by atoms with Crippen LogP contribution in [0.15, 0.2) is 41.3 Å². The molecule has 6 heteroatoms. The van der Waals surface area contributed by atoms with Gasteiger partial charge in [0, 0.05) is 24.9 Å². The minimum absolute atomic E-state index is 0.133. The lowest BCUT2D eigenvalue weighted by Gasteiger charge is -1.98. The molecule has 1 aromatic carbocycles. The molecule has 0 unspecified atom stereocenters. The second-order valence-corrected chi connectivity index (χ2v) is 4.46. The van der Waals surface area contributed by atoms with Crippen LogP contribution in [0.3, 0.4) is 0 Å². The second-order valence-electron chi connectivity index (χ2n) is 4.46. The van der Waals surface area contributed by atoms with E-state index in [0.29, 0.717) is 22.4 Å². The van der Waals surface area contributed by atoms with Crippen molar-refractivity contribution in [2.75, 3.05) is 0 Å². The van der Waals surface area contributed by atoms with Crippen molar-refractivity contribution < 1.29 is 9.90 Å². The molecule has 2 heterocycles. The molecule has 0 aliphatic rings. The predicted molar refractivity (Wildman–Crippen MR) is 73.7 cm³/mol. The number of nitrogens with zero attached hydrogens (tertiary/aromatic N) is 2. The molecule has 3 rings (SSSR count). The molecule has 20 heavy (non-hydrogen) atoms. The van der Waals surface area contributed by atoms with Crippen molar-refractivity contribution in [1.82, 2.24) is 14.5 Å². The summed E-state index contributed by atoms with van der Waals surface area (Å²) in [6.07, 6.45) is 1.64. The van der Waals surface area contributed by atoms with Gasteiger partial charge in [-0.1, -0.05) is 6.07 Å². The van der Waals surface area contributed by atoms with Crippen LogP contribution in [0.25, 0.3) is 22.4 Å². The topological polar surface area (TPSA) is 88.0 Å². The maximum absolute atomic E-state index is 11.6. The summed E-state index contributed by atoms with van der Waals surface area (Å²) >= 11 is 0. The van der Waals surface area contributed by atoms with Crippen LogP contribution in [0, 0.1) is 0 Å². The fourth-order valence-corrected chi connectivity index (χ4v) is 2.04. The van der Waals surface area contributed by atoms with Gasteiger partial charge in [0.2, 0.25) is 0 Å². The molecule has 0 aliphatic carbocycles. The summed E-state index contributed by atoms with van der Waals surface area (Å²) in [6.45, 7) is 0. The molecule has 0 fully saturated rings. The molecule has 2 N–H and O–H groups in total. The first-order valence-corrected chi connectivity index (χ1v) is 5.95. The second kappa shape index (κ2) is 4.34. The summed E-state index contributed by atoms with van der Waals surface area (Å²) in [5.41, 5.74) is 1.62. The quantitative estimate of drug-likeness (QED) is 0.740. The summed E-state index contributed by atoms with van der Waals surface area (Å²) in [7, 11) is 1.66. The number of hydrogen-bond donors (Lipinski definition) is 2. The molecule has 0 bridgehead atoms. The Bertz CT molecular complexity index is 877. The van der Waals surface area contributed by atoms with E-state index in [1.165, 1.54) is 16.7 Å². The Labute approximate surface area is 113 Å². The number of aryl methyl sites for hydroxylation is 1. The number of aromatic amines is 1. The third-order valence-corrected chi connectivity index (χ3v) is 3.12. The van der Waals surface area contributed by atoms with Gasteiger partial charge in [0.15, 0.2) is 0 Å². The zero-order chi connectivity index (χ0) is 14.3. The largest absolute Gasteiger partial charge is 0.478 e. The zero-order valence-electron chi connectivity index (χ0n) is 10.6. The average molecular weight is 269 g/mol. The number of carboxylic acids is 1. The van der Waals surface area contributed by atoms with Crippen molar-refractivity contribution in [2.24, 2.45) is 7.05 Å². The number of H-pyrrole nitrogens is 1. The number of aromatic nitrogens is 3. The van der Waals surface area contributed by atoms with Crippen LogP contribution in [0.1, 0.15) is 10.4 Å². The van der Waals surface area contributed by atoms with Crippen LogP contribution < -0.4 is 5.56 Å². The zero-order valence-corrected chi connectivity index (χ0v) is 10.6. The Morgan fingerprint density at radius 1 is 1.35 bits per heavy atom. The molecular weight excluding hydrogens is 258 g/mol. The van der Waals surface area contributed by atoms with E-state index < -0.39 is 5.97 Å². The highest BCUT2D eigenvalue weighted by atomic mass is 16.4. The maximum atomic E-state index is 11.6. The SMILES string of the molecule is Cn1ccc(-c2nc3c(C(=O)O)cccc3[nH]2)cc1=O. The third kappa shape index (κ3) is 1.87. The van der Waals surface area contributed by atoms with Gasteiger partial charge >= 0.3 is 5.97 Å². The van der Waals surface area contributed by atoms with Gasteiger partial charge in [-0.2, -0.15) is 0 Å². The van der Waals surface area contributed by atoms with E-state index in [1.807, 2.05) is 0 Å². The number of pyridine rings is 1. The lowest BCUT2D eigenvalue weighted by Crippen LogP contribution is -2.14. The normalized spacial score (nSPS) is 10.8. The number of carboxylic acid groups (broad SMARTS) is 1. The van der Waals surface area contributed by atoms with E-state index in [-0.39, 0.29) is 11.1 Å². The molecule has 3 aromatic rings. The van der Waals surface area contributed by atoms with Gasteiger partial charge in [-0.05, 0) is 18.2 Å². The highest BCUT2D eigenvalue weighted by molar-refractivity contribution is 6.01. The van der Waals surface area contributed by atoms with Gasteiger partial charge in [0.05, 0.1) is 11.1 Å². The lowest BCUT2D eigenvalue weighted by atomic mass is 10.2. The maximum Gasteiger partial charge on any atom is 0.337 e. The summed E-state index contributed by atoms with van der Waals surface area (Å²) in [5, 5.41) is 9.14. The molecule has 0 amide bonds. The molecule has 0 aliphatic heterocycles. The van der Waals surface area contributed by atoms with E-state index in [4.69, 9.17) is 5.11 Å². The molecule has 0 radical (unpaired) electrons. The standard InChI is InChI=1S/C14H11N3O3/c1-17-6-5-8(7-11(17)18)13-15-10-4-2-3-9(14(19)20)12(10)16-13/h2-7H,1H3,(H,15,16)(H,19,20). The molecule has 0 saturated heterocycles. The lowest BCUT2D eigenvalue weighted by molar-refractivity contribution is 0.0699. The monoisotopic (exact) mass is 269 g/mol. The van der Waals surface area contributed by atoms with Crippen molar-refractivity contribution in [3.63, 3.8) is 0 Å². The van der Waals surface area contributed by atoms with Gasteiger partial charge in [0.25, 0.3) is 5.56 Å². The van der Waals surface area contributed by atoms with Crippen molar-refractivity contribution in [3.8, 4) is 11.4 Å². The Morgan fingerprint density at radius 3 is 2.85 bits per heavy atom. The molecule has 2 aromatic heterocycles. The summed E-state index contributed by atoms with van der Waals surface area (Å²) < 4.78 is 1.45. The molecule has 6 nitrogen and oxygen atoms in total. The summed E-state index contributed by atoms with van der Waals surface area (Å²) in [5.74, 6) is -0.552. The van der Waals surface area contributed by atoms with E-state index in [0.717, 1.165) is 0 Å². The number of hydrogen-bond acceptors (Lipinski definition) is 3. The van der Waals surface area contributed by atoms with Gasteiger partial charge in [0.1, 0.15) is 11.3 Å². The van der Waals surface area contributed by atoms with Crippen LogP contribution in [-0.2, 0) is 7.05 Å².